The van der Waals surface area contributed by atoms with E-state index in [1.807, 2.05) is 21.6 Å². The van der Waals surface area contributed by atoms with Gasteiger partial charge in [-0.2, -0.15) is 0 Å². The molecular formula is C14H17ClN4O2. The van der Waals surface area contributed by atoms with E-state index in [0.717, 1.165) is 11.0 Å². The smallest absolute Gasteiger partial charge is 0.224 e. The Hall–Kier alpha value is -1.79. The Balaban J connectivity index is 1.74. The predicted molar refractivity (Wildman–Crippen MR) is 81.2 cm³/mol. The first-order valence-corrected chi connectivity index (χ1v) is 7.30. The number of carbonyl (C=O) groups is 1. The summed E-state index contributed by atoms with van der Waals surface area (Å²) in [6.07, 6.45) is 0.391. The number of morpholine rings is 1. The third-order valence-electron chi connectivity index (χ3n) is 3.65. The number of rotatable bonds is 3. The van der Waals surface area contributed by atoms with E-state index in [-0.39, 0.29) is 5.91 Å². The molecule has 1 amide bonds. The van der Waals surface area contributed by atoms with E-state index in [9.17, 15) is 4.79 Å². The Morgan fingerprint density at radius 1 is 1.38 bits per heavy atom. The van der Waals surface area contributed by atoms with Crippen LogP contribution in [0.2, 0.25) is 5.02 Å². The molecule has 1 aliphatic rings. The highest BCUT2D eigenvalue weighted by molar-refractivity contribution is 6.31. The minimum atomic E-state index is 0.113. The maximum absolute atomic E-state index is 12.2. The number of nitrogens with two attached hydrogens (primary N) is 1. The van der Waals surface area contributed by atoms with Crippen molar-refractivity contribution in [2.45, 2.75) is 13.0 Å². The minimum Gasteiger partial charge on any atom is -0.378 e. The molecule has 1 aromatic heterocycles. The summed E-state index contributed by atoms with van der Waals surface area (Å²) < 4.78 is 7.08. The van der Waals surface area contributed by atoms with Gasteiger partial charge >= 0.3 is 0 Å². The van der Waals surface area contributed by atoms with Crippen LogP contribution in [0.15, 0.2) is 18.2 Å². The highest BCUT2D eigenvalue weighted by atomic mass is 35.5. The molecule has 1 saturated heterocycles. The number of imidazole rings is 1. The molecule has 21 heavy (non-hydrogen) atoms. The molecule has 1 fully saturated rings. The zero-order valence-corrected chi connectivity index (χ0v) is 12.3. The summed E-state index contributed by atoms with van der Waals surface area (Å²) in [5.41, 5.74) is 7.58. The monoisotopic (exact) mass is 308 g/mol. The number of benzene rings is 1. The summed E-state index contributed by atoms with van der Waals surface area (Å²) in [7, 11) is 0. The van der Waals surface area contributed by atoms with Crippen molar-refractivity contribution >= 4 is 34.5 Å². The lowest BCUT2D eigenvalue weighted by molar-refractivity contribution is -0.135. The van der Waals surface area contributed by atoms with E-state index in [1.165, 1.54) is 0 Å². The van der Waals surface area contributed by atoms with Gasteiger partial charge in [-0.15, -0.1) is 0 Å². The summed E-state index contributed by atoms with van der Waals surface area (Å²) in [6.45, 7) is 3.03. The second-order valence-corrected chi connectivity index (χ2v) is 5.43. The van der Waals surface area contributed by atoms with Gasteiger partial charge in [-0.25, -0.2) is 4.98 Å². The Bertz CT molecular complexity index is 664. The van der Waals surface area contributed by atoms with Crippen LogP contribution in [-0.2, 0) is 16.1 Å². The van der Waals surface area contributed by atoms with Crippen molar-refractivity contribution in [3.63, 3.8) is 0 Å². The van der Waals surface area contributed by atoms with Crippen molar-refractivity contribution < 1.29 is 9.53 Å². The molecule has 0 saturated carbocycles. The predicted octanol–water partition coefficient (Wildman–Crippen LogP) is 1.52. The van der Waals surface area contributed by atoms with Gasteiger partial charge in [0.2, 0.25) is 11.9 Å². The van der Waals surface area contributed by atoms with E-state index in [1.54, 1.807) is 6.07 Å². The van der Waals surface area contributed by atoms with Gasteiger partial charge in [-0.05, 0) is 18.2 Å². The average Bonchev–Trinajstić information content (AvgIpc) is 2.80. The number of aryl methyl sites for hydroxylation is 1. The van der Waals surface area contributed by atoms with Gasteiger partial charge in [-0.1, -0.05) is 11.6 Å². The van der Waals surface area contributed by atoms with Gasteiger partial charge in [0.1, 0.15) is 0 Å². The number of carbonyl (C=O) groups excluding carboxylic acids is 1. The summed E-state index contributed by atoms with van der Waals surface area (Å²) in [6, 6.07) is 5.42. The lowest BCUT2D eigenvalue weighted by Gasteiger charge is -2.27. The zero-order chi connectivity index (χ0) is 14.8. The van der Waals surface area contributed by atoms with Crippen molar-refractivity contribution in [3.05, 3.63) is 23.2 Å². The van der Waals surface area contributed by atoms with Crippen molar-refractivity contribution in [2.24, 2.45) is 0 Å². The number of hydrogen-bond acceptors (Lipinski definition) is 4. The fourth-order valence-corrected chi connectivity index (χ4v) is 2.69. The average molecular weight is 309 g/mol. The third-order valence-corrected chi connectivity index (χ3v) is 3.89. The third kappa shape index (κ3) is 2.96. The SMILES string of the molecule is Nc1nc2ccc(Cl)cc2n1CCC(=O)N1CCOCC1. The van der Waals surface area contributed by atoms with E-state index >= 15 is 0 Å². The standard InChI is InChI=1S/C14H17ClN4O2/c15-10-1-2-11-12(9-10)19(14(16)17-11)4-3-13(20)18-5-7-21-8-6-18/h1-2,9H,3-8H2,(H2,16,17). The molecule has 6 nitrogen and oxygen atoms in total. The van der Waals surface area contributed by atoms with Gasteiger partial charge in [0.15, 0.2) is 0 Å². The Morgan fingerprint density at radius 3 is 2.90 bits per heavy atom. The van der Waals surface area contributed by atoms with Gasteiger partial charge in [-0.3, -0.25) is 4.79 Å². The fraction of sp³-hybridized carbons (Fsp3) is 0.429. The number of nitrogen functional groups attached to an aromatic ring is 1. The molecule has 2 N–H and O–H groups in total. The summed E-state index contributed by atoms with van der Waals surface area (Å²) >= 11 is 6.01. The van der Waals surface area contributed by atoms with Crippen molar-refractivity contribution in [2.75, 3.05) is 32.0 Å². The molecular weight excluding hydrogens is 292 g/mol. The number of ether oxygens (including phenoxy) is 1. The molecule has 0 aliphatic carbocycles. The molecule has 3 rings (SSSR count). The molecule has 112 valence electrons. The Kier molecular flexibility index (Phi) is 3.98. The lowest BCUT2D eigenvalue weighted by atomic mass is 10.3. The van der Waals surface area contributed by atoms with E-state index in [2.05, 4.69) is 4.98 Å². The molecule has 0 atom stereocenters. The topological polar surface area (TPSA) is 73.4 Å². The maximum atomic E-state index is 12.2. The second-order valence-electron chi connectivity index (χ2n) is 5.00. The molecule has 1 aliphatic heterocycles. The van der Waals surface area contributed by atoms with E-state index in [4.69, 9.17) is 22.1 Å². The van der Waals surface area contributed by atoms with Crippen LogP contribution in [0.25, 0.3) is 11.0 Å². The molecule has 2 aromatic rings. The lowest BCUT2D eigenvalue weighted by Crippen LogP contribution is -2.41. The number of aromatic nitrogens is 2. The maximum Gasteiger partial charge on any atom is 0.224 e. The first kappa shape index (κ1) is 14.2. The van der Waals surface area contributed by atoms with Gasteiger partial charge < -0.3 is 19.9 Å². The molecule has 7 heteroatoms. The van der Waals surface area contributed by atoms with E-state index in [0.29, 0.717) is 50.2 Å². The second kappa shape index (κ2) is 5.91. The minimum absolute atomic E-state index is 0.113. The quantitative estimate of drug-likeness (QED) is 0.933. The Morgan fingerprint density at radius 2 is 2.14 bits per heavy atom. The molecule has 0 spiro atoms. The summed E-state index contributed by atoms with van der Waals surface area (Å²) in [5.74, 6) is 0.517. The number of nitrogens with zero attached hydrogens (tertiary/aromatic N) is 3. The number of hydrogen-bond donors (Lipinski definition) is 1. The van der Waals surface area contributed by atoms with Crippen LogP contribution in [-0.4, -0.2) is 46.7 Å². The van der Waals surface area contributed by atoms with E-state index < -0.39 is 0 Å². The largest absolute Gasteiger partial charge is 0.378 e. The van der Waals surface area contributed by atoms with Crippen LogP contribution in [0.5, 0.6) is 0 Å². The first-order chi connectivity index (χ1) is 10.1. The molecule has 0 unspecified atom stereocenters. The molecule has 1 aromatic carbocycles. The van der Waals surface area contributed by atoms with Crippen LogP contribution >= 0.6 is 11.6 Å². The highest BCUT2D eigenvalue weighted by Crippen LogP contribution is 2.22. The summed E-state index contributed by atoms with van der Waals surface area (Å²) in [5, 5.41) is 0.628. The van der Waals surface area contributed by atoms with Gasteiger partial charge in [0.05, 0.1) is 24.2 Å². The highest BCUT2D eigenvalue weighted by Gasteiger charge is 2.17. The normalized spacial score (nSPS) is 15.6. The van der Waals surface area contributed by atoms with Crippen molar-refractivity contribution in [3.8, 4) is 0 Å². The van der Waals surface area contributed by atoms with Crippen LogP contribution in [0.1, 0.15) is 6.42 Å². The fourth-order valence-electron chi connectivity index (χ4n) is 2.53. The van der Waals surface area contributed by atoms with Crippen LogP contribution < -0.4 is 5.73 Å². The summed E-state index contributed by atoms with van der Waals surface area (Å²) in [4.78, 5) is 18.3. The number of anilines is 1. The molecule has 0 bridgehead atoms. The number of halogens is 1. The van der Waals surface area contributed by atoms with Crippen LogP contribution in [0.3, 0.4) is 0 Å². The van der Waals surface area contributed by atoms with Crippen LogP contribution in [0.4, 0.5) is 5.95 Å². The first-order valence-electron chi connectivity index (χ1n) is 6.92. The van der Waals surface area contributed by atoms with Crippen molar-refractivity contribution in [1.82, 2.24) is 14.5 Å². The number of amides is 1. The molecule has 0 radical (unpaired) electrons. The number of fused-ring (bicyclic) bond motifs is 1. The van der Waals surface area contributed by atoms with Crippen molar-refractivity contribution in [1.29, 1.82) is 0 Å². The molecule has 2 heterocycles. The van der Waals surface area contributed by atoms with Crippen LogP contribution in [0, 0.1) is 0 Å². The Labute approximate surface area is 127 Å². The zero-order valence-electron chi connectivity index (χ0n) is 11.6. The van der Waals surface area contributed by atoms with Gasteiger partial charge in [0, 0.05) is 31.1 Å². The van der Waals surface area contributed by atoms with Gasteiger partial charge in [0.25, 0.3) is 0 Å².